The molecule has 0 aliphatic rings. The van der Waals surface area contributed by atoms with Gasteiger partial charge in [0.1, 0.15) is 6.20 Å². The molecule has 1 heterocycles. The number of rotatable bonds is 6. The van der Waals surface area contributed by atoms with Gasteiger partial charge in [-0.2, -0.15) is 0 Å². The number of hydrogen-bond acceptors (Lipinski definition) is 5. The van der Waals surface area contributed by atoms with Crippen LogP contribution in [0, 0.1) is 10.1 Å². The second kappa shape index (κ2) is 7.68. The van der Waals surface area contributed by atoms with Gasteiger partial charge in [0.25, 0.3) is 5.91 Å². The molecule has 1 aromatic heterocycles. The number of pyridine rings is 1. The van der Waals surface area contributed by atoms with Gasteiger partial charge in [0.05, 0.1) is 0 Å². The predicted octanol–water partition coefficient (Wildman–Crippen LogP) is 2.79. The molecule has 0 fully saturated rings. The van der Waals surface area contributed by atoms with E-state index in [4.69, 9.17) is 4.74 Å². The van der Waals surface area contributed by atoms with Crippen molar-refractivity contribution >= 4 is 27.7 Å². The van der Waals surface area contributed by atoms with Gasteiger partial charge in [-0.1, -0.05) is 34.1 Å². The van der Waals surface area contributed by atoms with Gasteiger partial charge in [-0.05, 0) is 33.7 Å². The second-order valence-corrected chi connectivity index (χ2v) is 5.57. The summed E-state index contributed by atoms with van der Waals surface area (Å²) in [5.41, 5.74) is 0.954. The van der Waals surface area contributed by atoms with Crippen LogP contribution in [0.1, 0.15) is 5.56 Å². The van der Waals surface area contributed by atoms with E-state index in [1.165, 1.54) is 23.2 Å². The SMILES string of the molecule is CN(Cc1ccccc1Br)C(=O)COc1cccnc1[N+](=O)[O-]. The molecule has 0 N–H and O–H groups in total. The number of benzene rings is 1. The van der Waals surface area contributed by atoms with Crippen LogP contribution in [0.25, 0.3) is 0 Å². The fourth-order valence-electron chi connectivity index (χ4n) is 1.85. The molecule has 0 aliphatic heterocycles. The Balaban J connectivity index is 1.97. The average molecular weight is 380 g/mol. The topological polar surface area (TPSA) is 85.6 Å². The van der Waals surface area contributed by atoms with E-state index in [0.717, 1.165) is 10.0 Å². The summed E-state index contributed by atoms with van der Waals surface area (Å²) in [6, 6.07) is 10.5. The van der Waals surface area contributed by atoms with Crippen LogP contribution in [0.4, 0.5) is 5.82 Å². The molecular weight excluding hydrogens is 366 g/mol. The number of aromatic nitrogens is 1. The Morgan fingerprint density at radius 2 is 2.09 bits per heavy atom. The highest BCUT2D eigenvalue weighted by Gasteiger charge is 2.18. The van der Waals surface area contributed by atoms with Crippen molar-refractivity contribution in [2.45, 2.75) is 6.54 Å². The van der Waals surface area contributed by atoms with Crippen molar-refractivity contribution in [2.24, 2.45) is 0 Å². The van der Waals surface area contributed by atoms with Crippen LogP contribution >= 0.6 is 15.9 Å². The van der Waals surface area contributed by atoms with E-state index < -0.39 is 10.7 Å². The molecule has 0 bridgehead atoms. The largest absolute Gasteiger partial charge is 0.476 e. The van der Waals surface area contributed by atoms with Crippen molar-refractivity contribution in [3.8, 4) is 5.75 Å². The molecule has 2 rings (SSSR count). The summed E-state index contributed by atoms with van der Waals surface area (Å²) in [5, 5.41) is 10.8. The zero-order chi connectivity index (χ0) is 16.8. The van der Waals surface area contributed by atoms with Gasteiger partial charge in [-0.25, -0.2) is 0 Å². The molecule has 2 aromatic rings. The summed E-state index contributed by atoms with van der Waals surface area (Å²) in [6.07, 6.45) is 1.30. The number of carbonyl (C=O) groups excluding carboxylic acids is 1. The minimum absolute atomic E-state index is 0.0276. The van der Waals surface area contributed by atoms with E-state index in [2.05, 4.69) is 20.9 Å². The fraction of sp³-hybridized carbons (Fsp3) is 0.200. The van der Waals surface area contributed by atoms with Crippen LogP contribution in [0.5, 0.6) is 5.75 Å². The first kappa shape index (κ1) is 16.9. The Morgan fingerprint density at radius 1 is 1.35 bits per heavy atom. The van der Waals surface area contributed by atoms with Crippen molar-refractivity contribution in [2.75, 3.05) is 13.7 Å². The Bertz CT molecular complexity index is 723. The molecule has 0 saturated heterocycles. The highest BCUT2D eigenvalue weighted by atomic mass is 79.9. The summed E-state index contributed by atoms with van der Waals surface area (Å²) < 4.78 is 6.15. The highest BCUT2D eigenvalue weighted by molar-refractivity contribution is 9.10. The van der Waals surface area contributed by atoms with Gasteiger partial charge in [0.2, 0.25) is 5.75 Å². The summed E-state index contributed by atoms with van der Waals surface area (Å²) in [4.78, 5) is 27.4. The standard InChI is InChI=1S/C15H14BrN3O4/c1-18(9-11-5-2-3-6-12(11)16)14(20)10-23-13-7-4-8-17-15(13)19(21)22/h2-8H,9-10H2,1H3. The zero-order valence-electron chi connectivity index (χ0n) is 12.3. The second-order valence-electron chi connectivity index (χ2n) is 4.71. The van der Waals surface area contributed by atoms with Gasteiger partial charge in [0.15, 0.2) is 6.61 Å². The molecule has 0 spiro atoms. The van der Waals surface area contributed by atoms with Crippen LogP contribution in [-0.4, -0.2) is 34.4 Å². The highest BCUT2D eigenvalue weighted by Crippen LogP contribution is 2.23. The summed E-state index contributed by atoms with van der Waals surface area (Å²) in [5.74, 6) is -0.729. The van der Waals surface area contributed by atoms with Crippen molar-refractivity contribution in [1.82, 2.24) is 9.88 Å². The summed E-state index contributed by atoms with van der Waals surface area (Å²) >= 11 is 3.42. The quantitative estimate of drug-likeness (QED) is 0.568. The Kier molecular flexibility index (Phi) is 5.64. The summed E-state index contributed by atoms with van der Waals surface area (Å²) in [6.45, 7) is 0.103. The van der Waals surface area contributed by atoms with Crippen molar-refractivity contribution in [3.63, 3.8) is 0 Å². The van der Waals surface area contributed by atoms with E-state index in [1.54, 1.807) is 7.05 Å². The van der Waals surface area contributed by atoms with Gasteiger partial charge >= 0.3 is 5.82 Å². The van der Waals surface area contributed by atoms with Crippen LogP contribution in [-0.2, 0) is 11.3 Å². The molecule has 0 radical (unpaired) electrons. The molecule has 0 saturated carbocycles. The molecule has 1 aromatic carbocycles. The smallest absolute Gasteiger partial charge is 0.406 e. The molecule has 120 valence electrons. The number of halogens is 1. The van der Waals surface area contributed by atoms with Gasteiger partial charge in [-0.15, -0.1) is 0 Å². The van der Waals surface area contributed by atoms with Crippen molar-refractivity contribution in [3.05, 3.63) is 62.7 Å². The predicted molar refractivity (Wildman–Crippen MR) is 87.0 cm³/mol. The van der Waals surface area contributed by atoms with E-state index in [1.807, 2.05) is 24.3 Å². The third-order valence-electron chi connectivity index (χ3n) is 3.07. The number of nitro groups is 1. The number of amides is 1. The maximum atomic E-state index is 12.1. The summed E-state index contributed by atoms with van der Waals surface area (Å²) in [7, 11) is 1.64. The molecule has 7 nitrogen and oxygen atoms in total. The molecule has 8 heteroatoms. The molecule has 23 heavy (non-hydrogen) atoms. The van der Waals surface area contributed by atoms with Crippen LogP contribution in [0.2, 0.25) is 0 Å². The Labute approximate surface area is 141 Å². The minimum atomic E-state index is -0.648. The maximum Gasteiger partial charge on any atom is 0.406 e. The molecule has 0 unspecified atom stereocenters. The maximum absolute atomic E-state index is 12.1. The molecule has 0 aliphatic carbocycles. The lowest BCUT2D eigenvalue weighted by atomic mass is 10.2. The number of ether oxygens (including phenoxy) is 1. The fourth-order valence-corrected chi connectivity index (χ4v) is 2.26. The van der Waals surface area contributed by atoms with Gasteiger partial charge in [-0.3, -0.25) is 4.79 Å². The first-order valence-corrected chi connectivity index (χ1v) is 7.48. The van der Waals surface area contributed by atoms with Crippen molar-refractivity contribution < 1.29 is 14.5 Å². The molecular formula is C15H14BrN3O4. The van der Waals surface area contributed by atoms with Crippen molar-refractivity contribution in [1.29, 1.82) is 0 Å². The third-order valence-corrected chi connectivity index (χ3v) is 3.84. The van der Waals surface area contributed by atoms with E-state index >= 15 is 0 Å². The first-order chi connectivity index (χ1) is 11.0. The van der Waals surface area contributed by atoms with E-state index in [0.29, 0.717) is 6.54 Å². The lowest BCUT2D eigenvalue weighted by Crippen LogP contribution is -2.31. The number of nitrogens with zero attached hydrogens (tertiary/aromatic N) is 3. The van der Waals surface area contributed by atoms with E-state index in [-0.39, 0.29) is 18.3 Å². The number of carbonyl (C=O) groups is 1. The van der Waals surface area contributed by atoms with Gasteiger partial charge in [0, 0.05) is 18.1 Å². The Morgan fingerprint density at radius 3 is 2.78 bits per heavy atom. The number of likely N-dealkylation sites (N-methyl/N-ethyl adjacent to an activating group) is 1. The van der Waals surface area contributed by atoms with Gasteiger partial charge < -0.3 is 19.8 Å². The minimum Gasteiger partial charge on any atom is -0.476 e. The zero-order valence-corrected chi connectivity index (χ0v) is 13.9. The monoisotopic (exact) mass is 379 g/mol. The normalized spacial score (nSPS) is 10.2. The lowest BCUT2D eigenvalue weighted by molar-refractivity contribution is -0.390. The molecule has 0 atom stereocenters. The Hall–Kier alpha value is -2.48. The van der Waals surface area contributed by atoms with E-state index in [9.17, 15) is 14.9 Å². The van der Waals surface area contributed by atoms with Crippen LogP contribution < -0.4 is 4.74 Å². The first-order valence-electron chi connectivity index (χ1n) is 6.68. The molecule has 1 amide bonds. The third kappa shape index (κ3) is 4.49. The number of hydrogen-bond donors (Lipinski definition) is 0. The lowest BCUT2D eigenvalue weighted by Gasteiger charge is -2.18. The average Bonchev–Trinajstić information content (AvgIpc) is 2.54. The van der Waals surface area contributed by atoms with Crippen LogP contribution in [0.3, 0.4) is 0 Å². The van der Waals surface area contributed by atoms with Crippen LogP contribution in [0.15, 0.2) is 47.1 Å².